The summed E-state index contributed by atoms with van der Waals surface area (Å²) in [6.07, 6.45) is 0. The molecule has 0 bridgehead atoms. The lowest BCUT2D eigenvalue weighted by Gasteiger charge is -2.26. The van der Waals surface area contributed by atoms with Gasteiger partial charge in [0.25, 0.3) is 5.69 Å². The molecule has 2 heterocycles. The quantitative estimate of drug-likeness (QED) is 0.342. The summed E-state index contributed by atoms with van der Waals surface area (Å²) in [5.41, 5.74) is 4.81. The van der Waals surface area contributed by atoms with Gasteiger partial charge in [-0.3, -0.25) is 14.9 Å². The number of carbonyl (C=O) groups excluding carboxylic acids is 1. The molecule has 8 nitrogen and oxygen atoms in total. The monoisotopic (exact) mass is 421 g/mol. The molecule has 4 rings (SSSR count). The van der Waals surface area contributed by atoms with Gasteiger partial charge in [0, 0.05) is 24.6 Å². The summed E-state index contributed by atoms with van der Waals surface area (Å²) >= 11 is 1.47. The van der Waals surface area contributed by atoms with E-state index >= 15 is 0 Å². The molecule has 0 spiro atoms. The fourth-order valence-corrected chi connectivity index (χ4v) is 3.87. The molecule has 30 heavy (non-hydrogen) atoms. The normalized spacial score (nSPS) is 12.1. The number of rotatable bonds is 6. The summed E-state index contributed by atoms with van der Waals surface area (Å²) in [7, 11) is 1.70. The number of benzene rings is 2. The van der Waals surface area contributed by atoms with E-state index in [2.05, 4.69) is 9.97 Å². The van der Waals surface area contributed by atoms with E-state index in [0.717, 1.165) is 16.7 Å². The first-order valence-corrected chi connectivity index (χ1v) is 10.2. The number of para-hydroxylation sites is 2. The Bertz CT molecular complexity index is 1220. The smallest absolute Gasteiger partial charge is 0.269 e. The molecule has 0 aliphatic carbocycles. The van der Waals surface area contributed by atoms with Crippen LogP contribution < -0.4 is 0 Å². The van der Waals surface area contributed by atoms with Gasteiger partial charge in [-0.05, 0) is 24.6 Å². The van der Waals surface area contributed by atoms with Crippen LogP contribution in [0.25, 0.3) is 22.6 Å². The summed E-state index contributed by atoms with van der Waals surface area (Å²) in [5.74, 6) is 0.510. The molecule has 0 N–H and O–H groups in total. The topological polar surface area (TPSA) is 94.2 Å². The summed E-state index contributed by atoms with van der Waals surface area (Å²) in [5, 5.41) is 13.0. The Morgan fingerprint density at radius 3 is 2.80 bits per heavy atom. The first-order valence-electron chi connectivity index (χ1n) is 9.29. The Morgan fingerprint density at radius 1 is 1.27 bits per heavy atom. The molecule has 1 unspecified atom stereocenters. The zero-order valence-corrected chi connectivity index (χ0v) is 17.2. The molecule has 9 heteroatoms. The Hall–Kier alpha value is -3.59. The third-order valence-corrected chi connectivity index (χ3v) is 5.73. The lowest BCUT2D eigenvalue weighted by molar-refractivity contribution is -0.384. The van der Waals surface area contributed by atoms with Gasteiger partial charge in [0.2, 0.25) is 5.91 Å². The average molecular weight is 421 g/mol. The van der Waals surface area contributed by atoms with E-state index < -0.39 is 4.92 Å². The molecule has 2 aromatic carbocycles. The molecular weight excluding hydrogens is 402 g/mol. The third kappa shape index (κ3) is 3.67. The summed E-state index contributed by atoms with van der Waals surface area (Å²) in [6.45, 7) is 1.94. The fraction of sp³-hybridized carbons (Fsp3) is 0.190. The molecule has 1 amide bonds. The minimum Gasteiger partial charge on any atom is -0.337 e. The minimum absolute atomic E-state index is 0.00613. The Morgan fingerprint density at radius 2 is 2.07 bits per heavy atom. The van der Waals surface area contributed by atoms with E-state index in [-0.39, 0.29) is 24.2 Å². The van der Waals surface area contributed by atoms with E-state index in [1.807, 2.05) is 41.1 Å². The molecule has 2 aromatic heterocycles. The number of amides is 1. The zero-order valence-electron chi connectivity index (χ0n) is 16.4. The zero-order chi connectivity index (χ0) is 21.3. The van der Waals surface area contributed by atoms with Gasteiger partial charge in [-0.1, -0.05) is 24.3 Å². The maximum absolute atomic E-state index is 13.1. The SMILES string of the molecule is CC(c1cccc([N+](=O)[O-])c1)N(C)C(=O)Cn1c(-c2cscn2)nc2ccccc21. The minimum atomic E-state index is -0.435. The van der Waals surface area contributed by atoms with Crippen LogP contribution in [0, 0.1) is 10.1 Å². The first kappa shape index (κ1) is 19.7. The Balaban J connectivity index is 1.64. The number of nitro groups is 1. The van der Waals surface area contributed by atoms with Gasteiger partial charge in [0.05, 0.1) is 27.5 Å². The number of nitro benzene ring substituents is 1. The van der Waals surface area contributed by atoms with Gasteiger partial charge in [-0.25, -0.2) is 9.97 Å². The highest BCUT2D eigenvalue weighted by molar-refractivity contribution is 7.07. The number of fused-ring (bicyclic) bond motifs is 1. The predicted molar refractivity (Wildman–Crippen MR) is 115 cm³/mol. The number of nitrogens with zero attached hydrogens (tertiary/aromatic N) is 5. The maximum Gasteiger partial charge on any atom is 0.269 e. The number of imidazole rings is 1. The molecule has 0 saturated heterocycles. The highest BCUT2D eigenvalue weighted by Gasteiger charge is 2.22. The standard InChI is InChI=1S/C21H19N5O3S/c1-14(15-6-5-7-16(10-15)26(28)29)24(2)20(27)11-25-19-9-4-3-8-17(19)23-21(25)18-12-30-13-22-18/h3-10,12-14H,11H2,1-2H3. The molecule has 0 aliphatic heterocycles. The second-order valence-electron chi connectivity index (χ2n) is 6.92. The van der Waals surface area contributed by atoms with Crippen LogP contribution in [0.15, 0.2) is 59.4 Å². The summed E-state index contributed by atoms with van der Waals surface area (Å²) < 4.78 is 1.86. The van der Waals surface area contributed by atoms with E-state index in [1.165, 1.54) is 23.5 Å². The van der Waals surface area contributed by atoms with Crippen LogP contribution in [0.4, 0.5) is 5.69 Å². The van der Waals surface area contributed by atoms with Crippen LogP contribution in [-0.4, -0.2) is 37.3 Å². The number of thiazole rings is 1. The van der Waals surface area contributed by atoms with Gasteiger partial charge in [-0.15, -0.1) is 11.3 Å². The van der Waals surface area contributed by atoms with Crippen LogP contribution in [0.3, 0.4) is 0 Å². The van der Waals surface area contributed by atoms with Crippen molar-refractivity contribution in [3.8, 4) is 11.5 Å². The van der Waals surface area contributed by atoms with E-state index in [4.69, 9.17) is 0 Å². The molecule has 1 atom stereocenters. The first-order chi connectivity index (χ1) is 14.5. The Labute approximate surface area is 176 Å². The van der Waals surface area contributed by atoms with Crippen molar-refractivity contribution in [2.75, 3.05) is 7.05 Å². The second-order valence-corrected chi connectivity index (χ2v) is 7.64. The van der Waals surface area contributed by atoms with Crippen molar-refractivity contribution in [3.63, 3.8) is 0 Å². The third-order valence-electron chi connectivity index (χ3n) is 5.15. The van der Waals surface area contributed by atoms with Crippen LogP contribution in [0.2, 0.25) is 0 Å². The van der Waals surface area contributed by atoms with Gasteiger partial charge in [0.15, 0.2) is 5.82 Å². The van der Waals surface area contributed by atoms with Crippen molar-refractivity contribution >= 4 is 34.0 Å². The molecule has 0 fully saturated rings. The van der Waals surface area contributed by atoms with Gasteiger partial charge in [-0.2, -0.15) is 0 Å². The molecule has 152 valence electrons. The number of hydrogen-bond acceptors (Lipinski definition) is 6. The van der Waals surface area contributed by atoms with Crippen LogP contribution >= 0.6 is 11.3 Å². The Kier molecular flexibility index (Phi) is 5.28. The van der Waals surface area contributed by atoms with Crippen molar-refractivity contribution in [2.24, 2.45) is 0 Å². The van der Waals surface area contributed by atoms with E-state index in [1.54, 1.807) is 29.6 Å². The molecule has 0 saturated carbocycles. The molecule has 4 aromatic rings. The lowest BCUT2D eigenvalue weighted by Crippen LogP contribution is -2.32. The fourth-order valence-electron chi connectivity index (χ4n) is 3.34. The number of aromatic nitrogens is 3. The highest BCUT2D eigenvalue weighted by Crippen LogP contribution is 2.27. The molecule has 0 radical (unpaired) electrons. The van der Waals surface area contributed by atoms with Crippen LogP contribution in [-0.2, 0) is 11.3 Å². The lowest BCUT2D eigenvalue weighted by atomic mass is 10.1. The average Bonchev–Trinajstić information content (AvgIpc) is 3.41. The van der Waals surface area contributed by atoms with Crippen molar-refractivity contribution < 1.29 is 9.72 Å². The van der Waals surface area contributed by atoms with Crippen molar-refractivity contribution in [1.29, 1.82) is 0 Å². The van der Waals surface area contributed by atoms with Crippen molar-refractivity contribution in [3.05, 3.63) is 75.1 Å². The van der Waals surface area contributed by atoms with Gasteiger partial charge < -0.3 is 9.47 Å². The largest absolute Gasteiger partial charge is 0.337 e. The van der Waals surface area contributed by atoms with E-state index in [0.29, 0.717) is 11.4 Å². The van der Waals surface area contributed by atoms with Crippen molar-refractivity contribution in [1.82, 2.24) is 19.4 Å². The predicted octanol–water partition coefficient (Wildman–Crippen LogP) is 4.29. The number of hydrogen-bond donors (Lipinski definition) is 0. The molecular formula is C21H19N5O3S. The van der Waals surface area contributed by atoms with Gasteiger partial charge >= 0.3 is 0 Å². The second kappa shape index (κ2) is 8.03. The summed E-state index contributed by atoms with van der Waals surface area (Å²) in [4.78, 5) is 34.4. The van der Waals surface area contributed by atoms with Crippen LogP contribution in [0.5, 0.6) is 0 Å². The van der Waals surface area contributed by atoms with Crippen molar-refractivity contribution in [2.45, 2.75) is 19.5 Å². The highest BCUT2D eigenvalue weighted by atomic mass is 32.1. The van der Waals surface area contributed by atoms with E-state index in [9.17, 15) is 14.9 Å². The maximum atomic E-state index is 13.1. The molecule has 0 aliphatic rings. The van der Waals surface area contributed by atoms with Crippen LogP contribution in [0.1, 0.15) is 18.5 Å². The summed E-state index contributed by atoms with van der Waals surface area (Å²) in [6, 6.07) is 13.7. The van der Waals surface area contributed by atoms with Gasteiger partial charge in [0.1, 0.15) is 12.2 Å². The number of carbonyl (C=O) groups is 1. The number of likely N-dealkylation sites (N-methyl/N-ethyl adjacent to an activating group) is 1. The number of non-ortho nitro benzene ring substituents is 1.